The number of ether oxygens (including phenoxy) is 1. The summed E-state index contributed by atoms with van der Waals surface area (Å²) in [7, 11) is 0. The van der Waals surface area contributed by atoms with Crippen molar-refractivity contribution < 1.29 is 14.3 Å². The van der Waals surface area contributed by atoms with Crippen LogP contribution >= 0.6 is 11.6 Å². The van der Waals surface area contributed by atoms with E-state index in [1.807, 2.05) is 0 Å². The first-order valence-corrected chi connectivity index (χ1v) is 9.05. The Balaban J connectivity index is 1.68. The molecule has 1 heterocycles. The molecule has 0 radical (unpaired) electrons. The Kier molecular flexibility index (Phi) is 5.76. The van der Waals surface area contributed by atoms with Gasteiger partial charge < -0.3 is 10.1 Å². The first kappa shape index (κ1) is 19.6. The summed E-state index contributed by atoms with van der Waals surface area (Å²) in [5.41, 5.74) is -0.0577. The molecule has 1 aromatic heterocycles. The molecule has 3 rings (SSSR count). The number of nitrogens with zero attached hydrogens (tertiary/aromatic N) is 1. The minimum atomic E-state index is -1.13. The summed E-state index contributed by atoms with van der Waals surface area (Å²) in [5.74, 6) is 0.491. The van der Waals surface area contributed by atoms with Crippen LogP contribution in [0.25, 0.3) is 0 Å². The second-order valence-corrected chi connectivity index (χ2v) is 7.08. The molecular weight excluding hydrogens is 376 g/mol. The second kappa shape index (κ2) is 8.23. The number of hydrogen-bond donors (Lipinski definition) is 1. The number of ketones is 1. The molecule has 28 heavy (non-hydrogen) atoms. The van der Waals surface area contributed by atoms with Crippen molar-refractivity contribution >= 4 is 29.1 Å². The smallest absolute Gasteiger partial charge is 0.269 e. The number of rotatable bonds is 6. The Labute approximate surface area is 168 Å². The molecule has 0 saturated carbocycles. The SMILES string of the molecule is CC(C)(Oc1ccc(C(=O)c2ccc(Cl)cc2)cc1)C(=O)Nc1ccccn1. The zero-order valence-corrected chi connectivity index (χ0v) is 16.2. The number of aromatic nitrogens is 1. The Bertz CT molecular complexity index is 969. The zero-order valence-electron chi connectivity index (χ0n) is 15.5. The molecule has 1 N–H and O–H groups in total. The van der Waals surface area contributed by atoms with Gasteiger partial charge >= 0.3 is 0 Å². The predicted octanol–water partition coefficient (Wildman–Crippen LogP) is 4.76. The Morgan fingerprint density at radius 2 is 1.54 bits per heavy atom. The number of nitrogens with one attached hydrogen (secondary N) is 1. The molecule has 5 nitrogen and oxygen atoms in total. The highest BCUT2D eigenvalue weighted by atomic mass is 35.5. The first-order chi connectivity index (χ1) is 13.3. The van der Waals surface area contributed by atoms with Gasteiger partial charge in [-0.05, 0) is 74.5 Å². The largest absolute Gasteiger partial charge is 0.478 e. The summed E-state index contributed by atoms with van der Waals surface area (Å²) in [5, 5.41) is 3.29. The van der Waals surface area contributed by atoms with Crippen molar-refractivity contribution in [2.45, 2.75) is 19.4 Å². The lowest BCUT2D eigenvalue weighted by Crippen LogP contribution is -2.42. The monoisotopic (exact) mass is 394 g/mol. The summed E-state index contributed by atoms with van der Waals surface area (Å²) in [6, 6.07) is 18.6. The molecule has 0 aliphatic heterocycles. The number of carbonyl (C=O) groups is 2. The summed E-state index contributed by atoms with van der Waals surface area (Å²) in [6.07, 6.45) is 1.60. The maximum absolute atomic E-state index is 12.5. The first-order valence-electron chi connectivity index (χ1n) is 8.67. The molecule has 0 unspecified atom stereocenters. The standard InChI is InChI=1S/C22H19ClN2O3/c1-22(2,21(27)25-19-5-3-4-14-24-19)28-18-12-8-16(9-13-18)20(26)15-6-10-17(23)11-7-15/h3-14H,1-2H3,(H,24,25,27). The van der Waals surface area contributed by atoms with Crippen molar-refractivity contribution in [3.63, 3.8) is 0 Å². The van der Waals surface area contributed by atoms with Crippen LogP contribution in [-0.2, 0) is 4.79 Å². The fourth-order valence-corrected chi connectivity index (χ4v) is 2.61. The second-order valence-electron chi connectivity index (χ2n) is 6.64. The zero-order chi connectivity index (χ0) is 20.1. The topological polar surface area (TPSA) is 68.3 Å². The lowest BCUT2D eigenvalue weighted by atomic mass is 10.0. The molecule has 1 amide bonds. The molecule has 3 aromatic rings. The van der Waals surface area contributed by atoms with Gasteiger partial charge in [0.2, 0.25) is 0 Å². The van der Waals surface area contributed by atoms with Gasteiger partial charge in [0.25, 0.3) is 5.91 Å². The maximum atomic E-state index is 12.5. The molecule has 2 aromatic carbocycles. The highest BCUT2D eigenvalue weighted by molar-refractivity contribution is 6.30. The van der Waals surface area contributed by atoms with Crippen LogP contribution in [0.2, 0.25) is 5.02 Å². The van der Waals surface area contributed by atoms with E-state index in [0.717, 1.165) is 0 Å². The van der Waals surface area contributed by atoms with Gasteiger partial charge in [0.15, 0.2) is 11.4 Å². The predicted molar refractivity (Wildman–Crippen MR) is 109 cm³/mol. The summed E-state index contributed by atoms with van der Waals surface area (Å²) >= 11 is 5.86. The number of anilines is 1. The summed E-state index contributed by atoms with van der Waals surface area (Å²) < 4.78 is 5.82. The molecular formula is C22H19ClN2O3. The number of halogens is 1. The van der Waals surface area contributed by atoms with E-state index in [4.69, 9.17) is 16.3 Å². The van der Waals surface area contributed by atoms with Crippen molar-refractivity contribution in [1.82, 2.24) is 4.98 Å². The lowest BCUT2D eigenvalue weighted by Gasteiger charge is -2.25. The molecule has 142 valence electrons. The Hall–Kier alpha value is -3.18. The highest BCUT2D eigenvalue weighted by Crippen LogP contribution is 2.22. The van der Waals surface area contributed by atoms with Crippen LogP contribution in [0.1, 0.15) is 29.8 Å². The molecule has 0 aliphatic rings. The van der Waals surface area contributed by atoms with Crippen LogP contribution in [0.3, 0.4) is 0 Å². The number of hydrogen-bond acceptors (Lipinski definition) is 4. The fourth-order valence-electron chi connectivity index (χ4n) is 2.49. The van der Waals surface area contributed by atoms with Gasteiger partial charge in [0.1, 0.15) is 11.6 Å². The number of benzene rings is 2. The van der Waals surface area contributed by atoms with Crippen LogP contribution in [0.4, 0.5) is 5.82 Å². The Morgan fingerprint density at radius 3 is 2.11 bits per heavy atom. The molecule has 0 fully saturated rings. The minimum absolute atomic E-state index is 0.115. The van der Waals surface area contributed by atoms with Gasteiger partial charge in [0.05, 0.1) is 0 Å². The van der Waals surface area contributed by atoms with Crippen LogP contribution in [0.15, 0.2) is 72.9 Å². The fraction of sp³-hybridized carbons (Fsp3) is 0.136. The minimum Gasteiger partial charge on any atom is -0.478 e. The van der Waals surface area contributed by atoms with Crippen molar-refractivity contribution in [1.29, 1.82) is 0 Å². The van der Waals surface area contributed by atoms with E-state index >= 15 is 0 Å². The van der Waals surface area contributed by atoms with Gasteiger partial charge in [-0.2, -0.15) is 0 Å². The number of pyridine rings is 1. The van der Waals surface area contributed by atoms with E-state index in [-0.39, 0.29) is 11.7 Å². The van der Waals surface area contributed by atoms with Crippen molar-refractivity contribution in [2.24, 2.45) is 0 Å². The van der Waals surface area contributed by atoms with Gasteiger partial charge in [0, 0.05) is 22.3 Å². The van der Waals surface area contributed by atoms with E-state index in [1.165, 1.54) is 0 Å². The molecule has 6 heteroatoms. The summed E-state index contributed by atoms with van der Waals surface area (Å²) in [6.45, 7) is 3.33. The maximum Gasteiger partial charge on any atom is 0.269 e. The lowest BCUT2D eigenvalue weighted by molar-refractivity contribution is -0.128. The molecule has 0 atom stereocenters. The third-order valence-electron chi connectivity index (χ3n) is 4.05. The van der Waals surface area contributed by atoms with E-state index in [2.05, 4.69) is 10.3 Å². The average Bonchev–Trinajstić information content (AvgIpc) is 2.69. The normalized spacial score (nSPS) is 11.0. The summed E-state index contributed by atoms with van der Waals surface area (Å²) in [4.78, 5) is 29.1. The van der Waals surface area contributed by atoms with Crippen LogP contribution in [0, 0.1) is 0 Å². The third-order valence-corrected chi connectivity index (χ3v) is 4.30. The van der Waals surface area contributed by atoms with E-state index in [0.29, 0.717) is 27.7 Å². The van der Waals surface area contributed by atoms with Gasteiger partial charge in [-0.3, -0.25) is 9.59 Å². The molecule has 0 saturated heterocycles. The molecule has 0 bridgehead atoms. The van der Waals surface area contributed by atoms with Crippen molar-refractivity contribution in [3.05, 3.63) is 89.1 Å². The van der Waals surface area contributed by atoms with Gasteiger partial charge in [-0.15, -0.1) is 0 Å². The third kappa shape index (κ3) is 4.75. The Morgan fingerprint density at radius 1 is 0.929 bits per heavy atom. The molecule has 0 spiro atoms. The van der Waals surface area contributed by atoms with Crippen LogP contribution in [-0.4, -0.2) is 22.3 Å². The van der Waals surface area contributed by atoms with Crippen molar-refractivity contribution in [2.75, 3.05) is 5.32 Å². The van der Waals surface area contributed by atoms with Gasteiger partial charge in [-0.25, -0.2) is 4.98 Å². The van der Waals surface area contributed by atoms with Crippen LogP contribution < -0.4 is 10.1 Å². The number of carbonyl (C=O) groups excluding carboxylic acids is 2. The van der Waals surface area contributed by atoms with E-state index in [9.17, 15) is 9.59 Å². The highest BCUT2D eigenvalue weighted by Gasteiger charge is 2.30. The number of amides is 1. The quantitative estimate of drug-likeness (QED) is 0.612. The average molecular weight is 395 g/mol. The van der Waals surface area contributed by atoms with E-state index < -0.39 is 5.60 Å². The van der Waals surface area contributed by atoms with Gasteiger partial charge in [-0.1, -0.05) is 17.7 Å². The van der Waals surface area contributed by atoms with E-state index in [1.54, 1.807) is 86.8 Å². The molecule has 0 aliphatic carbocycles. The van der Waals surface area contributed by atoms with Crippen molar-refractivity contribution in [3.8, 4) is 5.75 Å². The van der Waals surface area contributed by atoms with Crippen LogP contribution in [0.5, 0.6) is 5.75 Å².